The molecule has 0 radical (unpaired) electrons. The van der Waals surface area contributed by atoms with E-state index >= 15 is 0 Å². The third kappa shape index (κ3) is 2.34. The van der Waals surface area contributed by atoms with Gasteiger partial charge < -0.3 is 5.11 Å². The van der Waals surface area contributed by atoms with Crippen molar-refractivity contribution in [2.75, 3.05) is 0 Å². The minimum Gasteiger partial charge on any atom is -0.481 e. The molecule has 0 amide bonds. The Bertz CT molecular complexity index is 245. The van der Waals surface area contributed by atoms with Crippen LogP contribution in [-0.2, 0) is 11.2 Å². The zero-order valence-electron chi connectivity index (χ0n) is 6.82. The van der Waals surface area contributed by atoms with Gasteiger partial charge in [-0.1, -0.05) is 6.92 Å². The van der Waals surface area contributed by atoms with Crippen LogP contribution in [0.4, 0.5) is 0 Å². The van der Waals surface area contributed by atoms with Crippen LogP contribution in [0, 0.1) is 5.92 Å². The largest absolute Gasteiger partial charge is 0.481 e. The lowest BCUT2D eigenvalue weighted by Gasteiger charge is -2.02. The summed E-state index contributed by atoms with van der Waals surface area (Å²) in [7, 11) is 0. The van der Waals surface area contributed by atoms with E-state index in [-0.39, 0.29) is 5.92 Å². The fraction of sp³-hybridized carbons (Fsp3) is 0.571. The molecule has 1 aromatic heterocycles. The van der Waals surface area contributed by atoms with Crippen molar-refractivity contribution < 1.29 is 9.90 Å². The number of nitrogens with zero attached hydrogens (tertiary/aromatic N) is 2. The summed E-state index contributed by atoms with van der Waals surface area (Å²) in [4.78, 5) is 10.4. The van der Waals surface area contributed by atoms with Gasteiger partial charge >= 0.3 is 5.97 Å². The molecule has 0 aliphatic heterocycles. The molecule has 0 fully saturated rings. The van der Waals surface area contributed by atoms with E-state index in [2.05, 4.69) is 15.4 Å². The first-order valence-corrected chi connectivity index (χ1v) is 3.77. The van der Waals surface area contributed by atoms with Crippen molar-refractivity contribution in [2.45, 2.75) is 19.8 Å². The van der Waals surface area contributed by atoms with Gasteiger partial charge in [-0.25, -0.2) is 0 Å². The first-order valence-electron chi connectivity index (χ1n) is 3.77. The molecule has 5 heteroatoms. The lowest BCUT2D eigenvalue weighted by atomic mass is 10.1. The highest BCUT2D eigenvalue weighted by atomic mass is 16.4. The second kappa shape index (κ2) is 3.85. The molecule has 0 bridgehead atoms. The Morgan fingerprint density at radius 2 is 2.58 bits per heavy atom. The van der Waals surface area contributed by atoms with Crippen molar-refractivity contribution in [3.63, 3.8) is 0 Å². The van der Waals surface area contributed by atoms with Gasteiger partial charge in [-0.05, 0) is 12.8 Å². The average Bonchev–Trinajstić information content (AvgIpc) is 2.51. The molecule has 66 valence electrons. The Kier molecular flexibility index (Phi) is 2.79. The molecule has 0 saturated heterocycles. The van der Waals surface area contributed by atoms with Gasteiger partial charge in [0, 0.05) is 0 Å². The van der Waals surface area contributed by atoms with Crippen LogP contribution >= 0.6 is 0 Å². The first-order chi connectivity index (χ1) is 5.70. The number of H-pyrrole nitrogens is 1. The van der Waals surface area contributed by atoms with E-state index in [1.54, 1.807) is 13.1 Å². The summed E-state index contributed by atoms with van der Waals surface area (Å²) in [6.45, 7) is 1.68. The molecule has 1 heterocycles. The maximum absolute atomic E-state index is 10.4. The third-order valence-corrected chi connectivity index (χ3v) is 1.72. The van der Waals surface area contributed by atoms with E-state index in [0.717, 1.165) is 5.69 Å². The highest BCUT2D eigenvalue weighted by Crippen LogP contribution is 2.06. The molecule has 1 atom stereocenters. The quantitative estimate of drug-likeness (QED) is 0.686. The van der Waals surface area contributed by atoms with Crippen LogP contribution in [0.5, 0.6) is 0 Å². The number of carboxylic acids is 1. The van der Waals surface area contributed by atoms with Gasteiger partial charge in [-0.3, -0.25) is 4.79 Å². The smallest absolute Gasteiger partial charge is 0.306 e. The van der Waals surface area contributed by atoms with Crippen LogP contribution in [0.25, 0.3) is 0 Å². The molecule has 1 rings (SSSR count). The molecule has 12 heavy (non-hydrogen) atoms. The molecule has 5 nitrogen and oxygen atoms in total. The average molecular weight is 169 g/mol. The van der Waals surface area contributed by atoms with Crippen LogP contribution in [0.2, 0.25) is 0 Å². The summed E-state index contributed by atoms with van der Waals surface area (Å²) >= 11 is 0. The topological polar surface area (TPSA) is 78.9 Å². The predicted molar refractivity (Wildman–Crippen MR) is 41.5 cm³/mol. The lowest BCUT2D eigenvalue weighted by molar-refractivity contribution is -0.141. The van der Waals surface area contributed by atoms with Gasteiger partial charge in [-0.15, -0.1) is 0 Å². The van der Waals surface area contributed by atoms with Gasteiger partial charge in [0.25, 0.3) is 0 Å². The maximum Gasteiger partial charge on any atom is 0.306 e. The molecule has 1 aromatic rings. The Morgan fingerprint density at radius 3 is 3.08 bits per heavy atom. The third-order valence-electron chi connectivity index (χ3n) is 1.72. The summed E-state index contributed by atoms with van der Waals surface area (Å²) in [5, 5.41) is 18.5. The fourth-order valence-corrected chi connectivity index (χ4v) is 0.834. The standard InChI is InChI=1S/C7H11N3O2/c1-5(7(11)12)2-3-6-4-8-10-9-6/h4-5H,2-3H2,1H3,(H,11,12)(H,8,9,10). The SMILES string of the molecule is CC(CCc1cn[nH]n1)C(=O)O. The van der Waals surface area contributed by atoms with Gasteiger partial charge in [0.05, 0.1) is 17.8 Å². The number of hydrogen-bond donors (Lipinski definition) is 2. The van der Waals surface area contributed by atoms with E-state index in [0.29, 0.717) is 12.8 Å². The highest BCUT2D eigenvalue weighted by molar-refractivity contribution is 5.69. The van der Waals surface area contributed by atoms with E-state index in [9.17, 15) is 4.79 Å². The van der Waals surface area contributed by atoms with E-state index < -0.39 is 5.97 Å². The molecular weight excluding hydrogens is 158 g/mol. The number of carbonyl (C=O) groups is 1. The summed E-state index contributed by atoms with van der Waals surface area (Å²) in [5.41, 5.74) is 0.808. The molecule has 0 aromatic carbocycles. The summed E-state index contributed by atoms with van der Waals surface area (Å²) in [6, 6.07) is 0. The van der Waals surface area contributed by atoms with E-state index in [4.69, 9.17) is 5.11 Å². The second-order valence-electron chi connectivity index (χ2n) is 2.74. The van der Waals surface area contributed by atoms with E-state index in [1.807, 2.05) is 0 Å². The minimum atomic E-state index is -0.765. The minimum absolute atomic E-state index is 0.318. The Balaban J connectivity index is 2.31. The molecule has 1 unspecified atom stereocenters. The number of aromatic nitrogens is 3. The normalized spacial score (nSPS) is 12.8. The van der Waals surface area contributed by atoms with Crippen molar-refractivity contribution in [3.05, 3.63) is 11.9 Å². The zero-order valence-corrected chi connectivity index (χ0v) is 6.82. The van der Waals surface area contributed by atoms with Crippen LogP contribution in [-0.4, -0.2) is 26.5 Å². The molecule has 0 aliphatic rings. The summed E-state index contributed by atoms with van der Waals surface area (Å²) in [5.74, 6) is -1.08. The van der Waals surface area contributed by atoms with Gasteiger partial charge in [0.2, 0.25) is 0 Å². The van der Waals surface area contributed by atoms with Crippen LogP contribution in [0.3, 0.4) is 0 Å². The highest BCUT2D eigenvalue weighted by Gasteiger charge is 2.10. The van der Waals surface area contributed by atoms with Gasteiger partial charge in [0.1, 0.15) is 0 Å². The van der Waals surface area contributed by atoms with E-state index in [1.165, 1.54) is 0 Å². The number of nitrogens with one attached hydrogen (secondary N) is 1. The van der Waals surface area contributed by atoms with Crippen LogP contribution in [0.15, 0.2) is 6.20 Å². The summed E-state index contributed by atoms with van der Waals surface area (Å²) < 4.78 is 0. The van der Waals surface area contributed by atoms with Crippen molar-refractivity contribution in [3.8, 4) is 0 Å². The second-order valence-corrected chi connectivity index (χ2v) is 2.74. The molecule has 0 spiro atoms. The van der Waals surface area contributed by atoms with Gasteiger partial charge in [0.15, 0.2) is 0 Å². The monoisotopic (exact) mass is 169 g/mol. The van der Waals surface area contributed by atoms with Crippen molar-refractivity contribution in [1.29, 1.82) is 0 Å². The Hall–Kier alpha value is -1.39. The number of aromatic amines is 1. The Labute approximate surface area is 69.8 Å². The van der Waals surface area contributed by atoms with Crippen LogP contribution < -0.4 is 0 Å². The van der Waals surface area contributed by atoms with Crippen molar-refractivity contribution in [2.24, 2.45) is 5.92 Å². The lowest BCUT2D eigenvalue weighted by Crippen LogP contribution is -2.10. The maximum atomic E-state index is 10.4. The van der Waals surface area contributed by atoms with Crippen molar-refractivity contribution in [1.82, 2.24) is 15.4 Å². The van der Waals surface area contributed by atoms with Gasteiger partial charge in [-0.2, -0.15) is 15.4 Å². The number of hydrogen-bond acceptors (Lipinski definition) is 3. The first kappa shape index (κ1) is 8.70. The zero-order chi connectivity index (χ0) is 8.97. The van der Waals surface area contributed by atoms with Crippen molar-refractivity contribution >= 4 is 5.97 Å². The molecule has 2 N–H and O–H groups in total. The van der Waals surface area contributed by atoms with Crippen LogP contribution in [0.1, 0.15) is 19.0 Å². The predicted octanol–water partition coefficient (Wildman–Crippen LogP) is 0.458. The molecule has 0 aliphatic carbocycles. The Morgan fingerprint density at radius 1 is 1.83 bits per heavy atom. The number of rotatable bonds is 4. The number of aliphatic carboxylic acids is 1. The molecule has 0 saturated carbocycles. The number of carboxylic acid groups (broad SMARTS) is 1. The number of aryl methyl sites for hydroxylation is 1. The molecular formula is C7H11N3O2. The summed E-state index contributed by atoms with van der Waals surface area (Å²) in [6.07, 6.45) is 2.86. The fourth-order valence-electron chi connectivity index (χ4n) is 0.834.